The lowest BCUT2D eigenvalue weighted by Gasteiger charge is -2.50. The van der Waals surface area contributed by atoms with Crippen LogP contribution in [-0.2, 0) is 13.0 Å². The zero-order chi connectivity index (χ0) is 19.3. The summed E-state index contributed by atoms with van der Waals surface area (Å²) in [6.45, 7) is 1.68. The van der Waals surface area contributed by atoms with E-state index in [-0.39, 0.29) is 5.69 Å². The van der Waals surface area contributed by atoms with E-state index in [0.717, 1.165) is 45.2 Å². The van der Waals surface area contributed by atoms with Gasteiger partial charge in [0.25, 0.3) is 0 Å². The van der Waals surface area contributed by atoms with Gasteiger partial charge < -0.3 is 4.74 Å². The van der Waals surface area contributed by atoms with Crippen molar-refractivity contribution in [2.24, 2.45) is 0 Å². The van der Waals surface area contributed by atoms with Crippen LogP contribution in [0.2, 0.25) is 5.02 Å². The molecule has 0 saturated heterocycles. The van der Waals surface area contributed by atoms with Crippen LogP contribution in [0.1, 0.15) is 42.4 Å². The molecule has 1 fully saturated rings. The van der Waals surface area contributed by atoms with E-state index in [1.54, 1.807) is 6.07 Å². The largest absolute Gasteiger partial charge is 0.461 e. The van der Waals surface area contributed by atoms with Crippen molar-refractivity contribution in [2.45, 2.75) is 44.4 Å². The molecule has 5 nitrogen and oxygen atoms in total. The topological polar surface area (TPSA) is 55.6 Å². The Morgan fingerprint density at radius 1 is 1.14 bits per heavy atom. The van der Waals surface area contributed by atoms with Gasteiger partial charge in [-0.25, -0.2) is 0 Å². The number of rotatable bonds is 2. The summed E-state index contributed by atoms with van der Waals surface area (Å²) in [5.41, 5.74) is 3.96. The quantitative estimate of drug-likeness (QED) is 0.507. The summed E-state index contributed by atoms with van der Waals surface area (Å²) in [6.07, 6.45) is 6.99. The Kier molecular flexibility index (Phi) is 4.18. The van der Waals surface area contributed by atoms with Crippen molar-refractivity contribution < 1.29 is 9.66 Å². The molecule has 2 heterocycles. The summed E-state index contributed by atoms with van der Waals surface area (Å²) in [6, 6.07) is 11.7. The van der Waals surface area contributed by atoms with E-state index in [9.17, 15) is 10.1 Å². The number of nitro benzene ring substituents is 1. The molecule has 0 aromatic heterocycles. The predicted octanol–water partition coefficient (Wildman–Crippen LogP) is 5.35. The van der Waals surface area contributed by atoms with Gasteiger partial charge in [-0.05, 0) is 54.5 Å². The molecule has 1 aliphatic carbocycles. The number of hydrogen-bond acceptors (Lipinski definition) is 4. The van der Waals surface area contributed by atoms with Crippen molar-refractivity contribution in [3.05, 3.63) is 73.8 Å². The molecule has 2 aliphatic heterocycles. The first-order valence-electron chi connectivity index (χ1n) is 9.77. The van der Waals surface area contributed by atoms with Crippen LogP contribution in [0.3, 0.4) is 0 Å². The van der Waals surface area contributed by atoms with Crippen molar-refractivity contribution in [1.29, 1.82) is 0 Å². The van der Waals surface area contributed by atoms with E-state index in [4.69, 9.17) is 16.3 Å². The maximum absolute atomic E-state index is 11.7. The van der Waals surface area contributed by atoms with E-state index in [0.29, 0.717) is 16.3 Å². The van der Waals surface area contributed by atoms with Gasteiger partial charge in [0.1, 0.15) is 0 Å². The zero-order valence-electron chi connectivity index (χ0n) is 15.5. The molecule has 1 saturated carbocycles. The highest BCUT2D eigenvalue weighted by Crippen LogP contribution is 2.50. The van der Waals surface area contributed by atoms with Crippen LogP contribution in [-0.4, -0.2) is 22.1 Å². The number of ether oxygens (including phenoxy) is 1. The molecular weight excluding hydrogens is 376 g/mol. The van der Waals surface area contributed by atoms with Crippen LogP contribution < -0.4 is 4.74 Å². The van der Waals surface area contributed by atoms with Crippen LogP contribution in [0.5, 0.6) is 5.75 Å². The number of halogens is 1. The molecule has 144 valence electrons. The van der Waals surface area contributed by atoms with E-state index in [2.05, 4.69) is 35.2 Å². The van der Waals surface area contributed by atoms with Crippen LogP contribution in [0.25, 0.3) is 6.08 Å². The van der Waals surface area contributed by atoms with Crippen LogP contribution in [0.15, 0.2) is 42.0 Å². The van der Waals surface area contributed by atoms with Gasteiger partial charge in [-0.1, -0.05) is 35.9 Å². The van der Waals surface area contributed by atoms with Gasteiger partial charge in [-0.2, -0.15) is 0 Å². The smallest absolute Gasteiger partial charge is 0.313 e. The van der Waals surface area contributed by atoms with Gasteiger partial charge in [-0.15, -0.1) is 0 Å². The van der Waals surface area contributed by atoms with Gasteiger partial charge in [0.2, 0.25) is 5.75 Å². The summed E-state index contributed by atoms with van der Waals surface area (Å²) >= 11 is 6.14. The molecule has 0 bridgehead atoms. The van der Waals surface area contributed by atoms with Crippen molar-refractivity contribution in [3.63, 3.8) is 0 Å². The SMILES string of the molecule is O=[N+]([O-])c1cc(Cl)cc2c1OC1(N3CCc4ccccc4C3)CCCCC1=C2. The molecule has 5 rings (SSSR count). The first-order chi connectivity index (χ1) is 13.6. The number of hydrogen-bond donors (Lipinski definition) is 0. The van der Waals surface area contributed by atoms with E-state index in [1.165, 1.54) is 22.8 Å². The highest BCUT2D eigenvalue weighted by atomic mass is 35.5. The summed E-state index contributed by atoms with van der Waals surface area (Å²) in [5.74, 6) is 0.346. The van der Waals surface area contributed by atoms with Crippen LogP contribution in [0.4, 0.5) is 5.69 Å². The molecule has 1 atom stereocenters. The zero-order valence-corrected chi connectivity index (χ0v) is 16.2. The van der Waals surface area contributed by atoms with Gasteiger partial charge in [0.15, 0.2) is 5.72 Å². The fourth-order valence-corrected chi connectivity index (χ4v) is 5.10. The second-order valence-electron chi connectivity index (χ2n) is 7.80. The highest BCUT2D eigenvalue weighted by molar-refractivity contribution is 6.31. The van der Waals surface area contributed by atoms with E-state index >= 15 is 0 Å². The summed E-state index contributed by atoms with van der Waals surface area (Å²) in [4.78, 5) is 13.6. The number of nitro groups is 1. The first-order valence-corrected chi connectivity index (χ1v) is 10.1. The Bertz CT molecular complexity index is 1000. The maximum Gasteiger partial charge on any atom is 0.313 e. The average molecular weight is 397 g/mol. The molecule has 2 aromatic rings. The van der Waals surface area contributed by atoms with Crippen molar-refractivity contribution in [2.75, 3.05) is 6.54 Å². The minimum Gasteiger partial charge on any atom is -0.461 e. The van der Waals surface area contributed by atoms with Gasteiger partial charge in [0, 0.05) is 36.2 Å². The fourth-order valence-electron chi connectivity index (χ4n) is 4.88. The molecule has 0 N–H and O–H groups in total. The molecule has 6 heteroatoms. The monoisotopic (exact) mass is 396 g/mol. The molecule has 2 aromatic carbocycles. The molecule has 3 aliphatic rings. The molecule has 28 heavy (non-hydrogen) atoms. The van der Waals surface area contributed by atoms with Crippen molar-refractivity contribution in [3.8, 4) is 5.75 Å². The number of fused-ring (bicyclic) bond motifs is 3. The Balaban J connectivity index is 1.61. The standard InChI is InChI=1S/C22H21ClN2O3/c23-19-12-17-11-18-7-3-4-9-22(18,28-21(17)20(13-19)25(26)27)24-10-8-15-5-1-2-6-16(15)14-24/h1-2,5-6,11-13H,3-4,7-10,14H2. The number of nitrogens with zero attached hydrogens (tertiary/aromatic N) is 2. The average Bonchev–Trinajstić information content (AvgIpc) is 2.71. The minimum atomic E-state index is -0.600. The third-order valence-corrected chi connectivity index (χ3v) is 6.43. The predicted molar refractivity (Wildman–Crippen MR) is 108 cm³/mol. The Hall–Kier alpha value is -2.37. The lowest BCUT2D eigenvalue weighted by atomic mass is 9.81. The molecule has 0 radical (unpaired) electrons. The Morgan fingerprint density at radius 3 is 2.79 bits per heavy atom. The van der Waals surface area contributed by atoms with E-state index in [1.807, 2.05) is 0 Å². The fraction of sp³-hybridized carbons (Fsp3) is 0.364. The van der Waals surface area contributed by atoms with Crippen molar-refractivity contribution >= 4 is 23.4 Å². The molecule has 1 unspecified atom stereocenters. The maximum atomic E-state index is 11.7. The molecule has 0 spiro atoms. The first kappa shape index (κ1) is 17.7. The summed E-state index contributed by atoms with van der Waals surface area (Å²) in [5, 5.41) is 12.0. The third-order valence-electron chi connectivity index (χ3n) is 6.22. The normalized spacial score (nSPS) is 23.7. The second kappa shape index (κ2) is 6.61. The second-order valence-corrected chi connectivity index (χ2v) is 8.24. The lowest BCUT2D eigenvalue weighted by molar-refractivity contribution is -0.386. The van der Waals surface area contributed by atoms with Crippen molar-refractivity contribution in [1.82, 2.24) is 4.90 Å². The number of benzene rings is 2. The summed E-state index contributed by atoms with van der Waals surface area (Å²) in [7, 11) is 0. The van der Waals surface area contributed by atoms with E-state index < -0.39 is 10.6 Å². The Morgan fingerprint density at radius 2 is 1.96 bits per heavy atom. The van der Waals surface area contributed by atoms with Gasteiger partial charge in [0.05, 0.1) is 4.92 Å². The molecular formula is C22H21ClN2O3. The lowest BCUT2D eigenvalue weighted by Crippen LogP contribution is -2.58. The van der Waals surface area contributed by atoms with Crippen LogP contribution >= 0.6 is 11.6 Å². The third kappa shape index (κ3) is 2.73. The van der Waals surface area contributed by atoms with Gasteiger partial charge >= 0.3 is 5.69 Å². The highest BCUT2D eigenvalue weighted by Gasteiger charge is 2.48. The minimum absolute atomic E-state index is 0.0554. The Labute approximate surface area is 168 Å². The summed E-state index contributed by atoms with van der Waals surface area (Å²) < 4.78 is 6.58. The van der Waals surface area contributed by atoms with Crippen LogP contribution in [0, 0.1) is 10.1 Å². The molecule has 0 amide bonds. The van der Waals surface area contributed by atoms with Gasteiger partial charge in [-0.3, -0.25) is 15.0 Å².